The van der Waals surface area contributed by atoms with E-state index in [0.29, 0.717) is 10.8 Å². The van der Waals surface area contributed by atoms with Crippen LogP contribution in [0.5, 0.6) is 5.75 Å². The van der Waals surface area contributed by atoms with Crippen molar-refractivity contribution in [3.05, 3.63) is 94.5 Å². The summed E-state index contributed by atoms with van der Waals surface area (Å²) in [4.78, 5) is 12.2. The van der Waals surface area contributed by atoms with Crippen LogP contribution in [-0.2, 0) is 32.5 Å². The van der Waals surface area contributed by atoms with E-state index in [9.17, 15) is 13.2 Å². The second kappa shape index (κ2) is 10.7. The highest BCUT2D eigenvalue weighted by Crippen LogP contribution is 2.36. The Labute approximate surface area is 215 Å². The Morgan fingerprint density at radius 3 is 2.28 bits per heavy atom. The van der Waals surface area contributed by atoms with Gasteiger partial charge in [0.2, 0.25) is 10.0 Å². The third kappa shape index (κ3) is 5.54. The lowest BCUT2D eigenvalue weighted by Crippen LogP contribution is -2.23. The Morgan fingerprint density at radius 1 is 0.944 bits per heavy atom. The largest absolute Gasteiger partial charge is 0.497 e. The Morgan fingerprint density at radius 2 is 1.64 bits per heavy atom. The van der Waals surface area contributed by atoms with Gasteiger partial charge in [-0.3, -0.25) is 4.79 Å². The number of carbonyl (C=O) groups excluding carboxylic acids is 1. The summed E-state index contributed by atoms with van der Waals surface area (Å²) in [5.41, 5.74) is 4.27. The molecule has 4 aromatic rings. The van der Waals surface area contributed by atoms with Crippen molar-refractivity contribution in [3.8, 4) is 16.9 Å². The van der Waals surface area contributed by atoms with Gasteiger partial charge < -0.3 is 9.47 Å². The first-order valence-electron chi connectivity index (χ1n) is 11.2. The topological polar surface area (TPSA) is 81.7 Å². The maximum atomic E-state index is 12.9. The van der Waals surface area contributed by atoms with E-state index in [1.54, 1.807) is 49.6 Å². The number of esters is 1. The van der Waals surface area contributed by atoms with Crippen molar-refractivity contribution in [2.45, 2.75) is 24.8 Å². The SMILES string of the molecule is COC(=O)Cc1cc2ccc(Cl)cc2c(-c2ccc(S(=O)(=O)NCc3ccc(OC)cc3)cc2)c1C. The number of nitrogens with one attached hydrogen (secondary N) is 1. The van der Waals surface area contributed by atoms with Crippen LogP contribution in [0, 0.1) is 6.92 Å². The van der Waals surface area contributed by atoms with E-state index in [1.807, 2.05) is 37.3 Å². The Hall–Kier alpha value is -3.39. The summed E-state index contributed by atoms with van der Waals surface area (Å²) in [7, 11) is -0.782. The normalized spacial score (nSPS) is 11.4. The molecule has 0 aliphatic carbocycles. The number of ether oxygens (including phenoxy) is 2. The molecular formula is C28H26ClNO5S. The van der Waals surface area contributed by atoms with Crippen LogP contribution in [0.3, 0.4) is 0 Å². The Bertz CT molecular complexity index is 1510. The molecule has 8 heteroatoms. The van der Waals surface area contributed by atoms with Crippen molar-refractivity contribution < 1.29 is 22.7 Å². The summed E-state index contributed by atoms with van der Waals surface area (Å²) in [6.07, 6.45) is 0.135. The molecule has 0 radical (unpaired) electrons. The van der Waals surface area contributed by atoms with Gasteiger partial charge in [-0.05, 0) is 81.9 Å². The molecule has 0 saturated carbocycles. The van der Waals surface area contributed by atoms with E-state index in [2.05, 4.69) is 4.72 Å². The zero-order chi connectivity index (χ0) is 25.9. The monoisotopic (exact) mass is 523 g/mol. The van der Waals surface area contributed by atoms with E-state index >= 15 is 0 Å². The van der Waals surface area contributed by atoms with Crippen LogP contribution in [0.15, 0.2) is 77.7 Å². The number of benzene rings is 4. The maximum Gasteiger partial charge on any atom is 0.309 e. The van der Waals surface area contributed by atoms with Crippen molar-refractivity contribution in [1.29, 1.82) is 0 Å². The van der Waals surface area contributed by atoms with Crippen LogP contribution in [0.1, 0.15) is 16.7 Å². The molecule has 0 heterocycles. The molecule has 0 unspecified atom stereocenters. The lowest BCUT2D eigenvalue weighted by molar-refractivity contribution is -0.139. The van der Waals surface area contributed by atoms with E-state index in [-0.39, 0.29) is 23.8 Å². The molecule has 4 rings (SSSR count). The number of hydrogen-bond acceptors (Lipinski definition) is 5. The van der Waals surface area contributed by atoms with E-state index < -0.39 is 10.0 Å². The quantitative estimate of drug-likeness (QED) is 0.301. The van der Waals surface area contributed by atoms with E-state index in [1.165, 1.54) is 7.11 Å². The van der Waals surface area contributed by atoms with Gasteiger partial charge in [0, 0.05) is 11.6 Å². The van der Waals surface area contributed by atoms with Gasteiger partial charge in [-0.25, -0.2) is 13.1 Å². The van der Waals surface area contributed by atoms with Crippen LogP contribution in [0.4, 0.5) is 0 Å². The molecule has 0 fully saturated rings. The fourth-order valence-corrected chi connectivity index (χ4v) is 5.31. The number of halogens is 1. The first kappa shape index (κ1) is 25.7. The van der Waals surface area contributed by atoms with Gasteiger partial charge in [-0.1, -0.05) is 48.0 Å². The van der Waals surface area contributed by atoms with Gasteiger partial charge >= 0.3 is 5.97 Å². The van der Waals surface area contributed by atoms with Crippen LogP contribution >= 0.6 is 11.6 Å². The van der Waals surface area contributed by atoms with Crippen LogP contribution in [0.2, 0.25) is 5.02 Å². The lowest BCUT2D eigenvalue weighted by Gasteiger charge is -2.16. The Kier molecular flexibility index (Phi) is 7.64. The summed E-state index contributed by atoms with van der Waals surface area (Å²) < 4.78 is 38.4. The summed E-state index contributed by atoms with van der Waals surface area (Å²) >= 11 is 6.30. The van der Waals surface area contributed by atoms with Gasteiger partial charge in [0.05, 0.1) is 25.5 Å². The molecular weight excluding hydrogens is 498 g/mol. The molecule has 0 spiro atoms. The van der Waals surface area contributed by atoms with Crippen molar-refractivity contribution in [2.75, 3.05) is 14.2 Å². The molecule has 0 bridgehead atoms. The predicted molar refractivity (Wildman–Crippen MR) is 142 cm³/mol. The average Bonchev–Trinajstić information content (AvgIpc) is 2.88. The molecule has 186 valence electrons. The molecule has 0 amide bonds. The summed E-state index contributed by atoms with van der Waals surface area (Å²) in [6.45, 7) is 2.10. The van der Waals surface area contributed by atoms with Crippen LogP contribution < -0.4 is 9.46 Å². The fraction of sp³-hybridized carbons (Fsp3) is 0.179. The average molecular weight is 524 g/mol. The molecule has 4 aromatic carbocycles. The second-order valence-electron chi connectivity index (χ2n) is 8.35. The van der Waals surface area contributed by atoms with Gasteiger partial charge in [0.1, 0.15) is 5.75 Å². The van der Waals surface area contributed by atoms with Gasteiger partial charge in [-0.2, -0.15) is 0 Å². The van der Waals surface area contributed by atoms with Gasteiger partial charge in [-0.15, -0.1) is 0 Å². The number of sulfonamides is 1. The second-order valence-corrected chi connectivity index (χ2v) is 10.6. The number of hydrogen-bond donors (Lipinski definition) is 1. The van der Waals surface area contributed by atoms with Crippen molar-refractivity contribution in [2.24, 2.45) is 0 Å². The fourth-order valence-electron chi connectivity index (χ4n) is 4.12. The molecule has 0 saturated heterocycles. The molecule has 36 heavy (non-hydrogen) atoms. The van der Waals surface area contributed by atoms with E-state index in [4.69, 9.17) is 21.1 Å². The molecule has 0 aromatic heterocycles. The molecule has 0 aliphatic heterocycles. The van der Waals surface area contributed by atoms with Crippen molar-refractivity contribution in [3.63, 3.8) is 0 Å². The van der Waals surface area contributed by atoms with Crippen LogP contribution in [-0.4, -0.2) is 28.6 Å². The van der Waals surface area contributed by atoms with E-state index in [0.717, 1.165) is 38.6 Å². The lowest BCUT2D eigenvalue weighted by atomic mass is 9.89. The zero-order valence-electron chi connectivity index (χ0n) is 20.2. The van der Waals surface area contributed by atoms with Crippen molar-refractivity contribution >= 4 is 38.4 Å². The minimum absolute atomic E-state index is 0.135. The molecule has 1 N–H and O–H groups in total. The number of methoxy groups -OCH3 is 2. The zero-order valence-corrected chi connectivity index (χ0v) is 21.7. The predicted octanol–water partition coefficient (Wildman–Crippen LogP) is 5.67. The molecule has 6 nitrogen and oxygen atoms in total. The summed E-state index contributed by atoms with van der Waals surface area (Å²) in [5.74, 6) is 0.374. The van der Waals surface area contributed by atoms with Crippen LogP contribution in [0.25, 0.3) is 21.9 Å². The minimum Gasteiger partial charge on any atom is -0.497 e. The highest BCUT2D eigenvalue weighted by Gasteiger charge is 2.18. The van der Waals surface area contributed by atoms with Gasteiger partial charge in [0.25, 0.3) is 0 Å². The van der Waals surface area contributed by atoms with Gasteiger partial charge in [0.15, 0.2) is 0 Å². The first-order valence-corrected chi connectivity index (χ1v) is 13.1. The summed E-state index contributed by atoms with van der Waals surface area (Å²) in [5, 5.41) is 2.43. The highest BCUT2D eigenvalue weighted by atomic mass is 35.5. The Balaban J connectivity index is 1.67. The number of carbonyl (C=O) groups is 1. The molecule has 0 aliphatic rings. The molecule has 0 atom stereocenters. The first-order chi connectivity index (χ1) is 17.2. The minimum atomic E-state index is -3.72. The highest BCUT2D eigenvalue weighted by molar-refractivity contribution is 7.89. The third-order valence-electron chi connectivity index (χ3n) is 6.11. The smallest absolute Gasteiger partial charge is 0.309 e. The standard InChI is InChI=1S/C28H26ClNO5S/c1-18-22(15-27(31)35-3)14-21-6-9-23(29)16-26(21)28(18)20-7-12-25(13-8-20)36(32,33)30-17-19-4-10-24(34-2)11-5-19/h4-14,16,30H,15,17H2,1-3H3. The number of fused-ring (bicyclic) bond motifs is 1. The third-order valence-corrected chi connectivity index (χ3v) is 7.76. The maximum absolute atomic E-state index is 12.9. The number of rotatable bonds is 8. The van der Waals surface area contributed by atoms with Crippen molar-refractivity contribution in [1.82, 2.24) is 4.72 Å². The summed E-state index contributed by atoms with van der Waals surface area (Å²) in [6, 6.07) is 21.4.